The lowest BCUT2D eigenvalue weighted by molar-refractivity contribution is -0.137. The van der Waals surface area contributed by atoms with Crippen molar-refractivity contribution in [2.75, 3.05) is 5.32 Å². The molecule has 5 rings (SSSR count). The van der Waals surface area contributed by atoms with Gasteiger partial charge in [-0.1, -0.05) is 12.1 Å². The van der Waals surface area contributed by atoms with Crippen LogP contribution in [0, 0.1) is 6.92 Å². The summed E-state index contributed by atoms with van der Waals surface area (Å²) >= 11 is 0. The van der Waals surface area contributed by atoms with Crippen molar-refractivity contribution in [3.8, 4) is 0 Å². The van der Waals surface area contributed by atoms with Crippen LogP contribution in [0.1, 0.15) is 57.6 Å². The number of aryl methyl sites for hydroxylation is 2. The maximum Gasteiger partial charge on any atom is 0.497 e. The Hall–Kier alpha value is -3.18. The van der Waals surface area contributed by atoms with E-state index >= 15 is 0 Å². The second-order valence-electron chi connectivity index (χ2n) is 10.6. The van der Waals surface area contributed by atoms with Gasteiger partial charge in [-0.25, -0.2) is 9.97 Å². The highest BCUT2D eigenvalue weighted by Crippen LogP contribution is 2.38. The van der Waals surface area contributed by atoms with E-state index in [2.05, 4.69) is 15.4 Å². The Morgan fingerprint density at radius 3 is 2.35 bits per heavy atom. The number of fused-ring (bicyclic) bond motifs is 3. The quantitative estimate of drug-likeness (QED) is 0.374. The van der Waals surface area contributed by atoms with Crippen LogP contribution >= 0.6 is 0 Å². The number of nitrogens with zero attached hydrogens (tertiary/aromatic N) is 4. The molecule has 1 atom stereocenters. The molecule has 1 aliphatic rings. The van der Waals surface area contributed by atoms with Crippen LogP contribution in [0.3, 0.4) is 0 Å². The van der Waals surface area contributed by atoms with Gasteiger partial charge < -0.3 is 14.6 Å². The summed E-state index contributed by atoms with van der Waals surface area (Å²) in [6.45, 7) is 11.5. The van der Waals surface area contributed by atoms with Gasteiger partial charge in [-0.15, -0.1) is 0 Å². The number of hydrogen-bond donors (Lipinski definition) is 1. The average Bonchev–Trinajstić information content (AvgIpc) is 3.29. The number of anilines is 1. The van der Waals surface area contributed by atoms with Crippen molar-refractivity contribution in [2.45, 2.75) is 65.0 Å². The molecule has 0 radical (unpaired) electrons. The lowest BCUT2D eigenvalue weighted by atomic mass is 9.77. The van der Waals surface area contributed by atoms with Gasteiger partial charge >= 0.3 is 13.3 Å². The van der Waals surface area contributed by atoms with Crippen LogP contribution in [-0.4, -0.2) is 38.1 Å². The van der Waals surface area contributed by atoms with Crippen molar-refractivity contribution in [1.29, 1.82) is 0 Å². The van der Waals surface area contributed by atoms with Crippen molar-refractivity contribution >= 4 is 40.2 Å². The Bertz CT molecular complexity index is 1500. The fourth-order valence-electron chi connectivity index (χ4n) is 4.63. The maximum atomic E-state index is 13.3. The van der Waals surface area contributed by atoms with E-state index in [1.165, 1.54) is 6.07 Å². The summed E-state index contributed by atoms with van der Waals surface area (Å²) in [6, 6.07) is 6.78. The van der Waals surface area contributed by atoms with E-state index < -0.39 is 36.1 Å². The second kappa shape index (κ2) is 8.42. The van der Waals surface area contributed by atoms with Gasteiger partial charge in [-0.2, -0.15) is 18.3 Å². The van der Waals surface area contributed by atoms with E-state index in [0.29, 0.717) is 28.1 Å². The summed E-state index contributed by atoms with van der Waals surface area (Å²) in [6.07, 6.45) is -2.67. The summed E-state index contributed by atoms with van der Waals surface area (Å²) < 4.78 is 54.4. The summed E-state index contributed by atoms with van der Waals surface area (Å²) in [7, 11) is 1.20. The number of hydrogen-bond acceptors (Lipinski definition) is 6. The molecule has 7 nitrogen and oxygen atoms in total. The zero-order valence-electron chi connectivity index (χ0n) is 21.9. The molecule has 2 aromatic carbocycles. The number of benzene rings is 2. The maximum absolute atomic E-state index is 13.3. The Labute approximate surface area is 213 Å². The van der Waals surface area contributed by atoms with E-state index in [1.807, 2.05) is 40.8 Å². The first-order valence-corrected chi connectivity index (χ1v) is 12.1. The topological polar surface area (TPSA) is 74.1 Å². The van der Waals surface area contributed by atoms with E-state index in [4.69, 9.17) is 14.3 Å². The monoisotopic (exact) mass is 511 g/mol. The Balaban J connectivity index is 1.64. The number of nitrogens with one attached hydrogen (secondary N) is 1. The molecule has 0 bridgehead atoms. The molecule has 3 heterocycles. The second-order valence-corrected chi connectivity index (χ2v) is 10.6. The summed E-state index contributed by atoms with van der Waals surface area (Å²) in [5.74, 6) is 1.04. The molecule has 0 amide bonds. The van der Waals surface area contributed by atoms with Crippen molar-refractivity contribution < 1.29 is 22.5 Å². The van der Waals surface area contributed by atoms with Crippen LogP contribution in [0.15, 0.2) is 36.5 Å². The molecule has 11 heteroatoms. The van der Waals surface area contributed by atoms with Gasteiger partial charge in [-0.3, -0.25) is 4.68 Å². The van der Waals surface area contributed by atoms with Crippen LogP contribution < -0.4 is 10.8 Å². The smallest absolute Gasteiger partial charge is 0.399 e. The van der Waals surface area contributed by atoms with Gasteiger partial charge in [0.15, 0.2) is 0 Å². The van der Waals surface area contributed by atoms with Crippen LogP contribution in [-0.2, 0) is 22.5 Å². The minimum Gasteiger partial charge on any atom is -0.399 e. The molecule has 0 aliphatic carbocycles. The van der Waals surface area contributed by atoms with E-state index in [9.17, 15) is 13.2 Å². The first-order chi connectivity index (χ1) is 17.2. The van der Waals surface area contributed by atoms with Gasteiger partial charge in [-0.05, 0) is 65.3 Å². The third kappa shape index (κ3) is 4.33. The van der Waals surface area contributed by atoms with E-state index in [-0.39, 0.29) is 0 Å². The van der Waals surface area contributed by atoms with Crippen molar-refractivity contribution in [2.24, 2.45) is 7.05 Å². The zero-order chi connectivity index (χ0) is 26.9. The molecule has 37 heavy (non-hydrogen) atoms. The molecular weight excluding hydrogens is 482 g/mol. The molecule has 4 aromatic rings. The molecule has 1 saturated heterocycles. The third-order valence-electron chi connectivity index (χ3n) is 7.40. The summed E-state index contributed by atoms with van der Waals surface area (Å²) in [5.41, 5.74) is 1.02. The largest absolute Gasteiger partial charge is 0.497 e. The van der Waals surface area contributed by atoms with E-state index in [0.717, 1.165) is 28.5 Å². The number of rotatable bonds is 4. The van der Waals surface area contributed by atoms with Crippen molar-refractivity contribution in [3.05, 3.63) is 53.5 Å². The first-order valence-electron chi connectivity index (χ1n) is 12.1. The van der Waals surface area contributed by atoms with Gasteiger partial charge in [0.2, 0.25) is 0 Å². The van der Waals surface area contributed by atoms with E-state index in [1.54, 1.807) is 30.8 Å². The first kappa shape index (κ1) is 25.5. The minimum absolute atomic E-state index is 0.454. The normalized spacial score (nSPS) is 18.1. The summed E-state index contributed by atoms with van der Waals surface area (Å²) in [5, 5.41) is 9.30. The molecule has 1 aliphatic heterocycles. The zero-order valence-corrected chi connectivity index (χ0v) is 21.9. The van der Waals surface area contributed by atoms with Crippen molar-refractivity contribution in [1.82, 2.24) is 19.7 Å². The SMILES string of the molecule is Cc1nc(N[C@H](C)c2cccc(C(F)(F)F)c2)c2cc(B3OC(C)(C)C(C)(C)O3)c3c(cnn3C)c2n1. The fourth-order valence-corrected chi connectivity index (χ4v) is 4.63. The Morgan fingerprint density at radius 2 is 1.70 bits per heavy atom. The highest BCUT2D eigenvalue weighted by atomic mass is 19.4. The lowest BCUT2D eigenvalue weighted by Crippen LogP contribution is -2.41. The molecule has 1 N–H and O–H groups in total. The highest BCUT2D eigenvalue weighted by molar-refractivity contribution is 6.65. The van der Waals surface area contributed by atoms with Gasteiger partial charge in [0.1, 0.15) is 11.6 Å². The molecule has 0 spiro atoms. The molecule has 2 aromatic heterocycles. The molecular formula is C26H29BF3N5O2. The van der Waals surface area contributed by atoms with Gasteiger partial charge in [0, 0.05) is 29.3 Å². The van der Waals surface area contributed by atoms with Crippen molar-refractivity contribution in [3.63, 3.8) is 0 Å². The predicted octanol–water partition coefficient (Wildman–Crippen LogP) is 5.32. The van der Waals surface area contributed by atoms with Gasteiger partial charge in [0.05, 0.1) is 34.0 Å². The third-order valence-corrected chi connectivity index (χ3v) is 7.40. The summed E-state index contributed by atoms with van der Waals surface area (Å²) in [4.78, 5) is 9.32. The van der Waals surface area contributed by atoms with Crippen LogP contribution in [0.4, 0.5) is 19.0 Å². The van der Waals surface area contributed by atoms with Gasteiger partial charge in [0.25, 0.3) is 0 Å². The molecule has 1 fully saturated rings. The predicted molar refractivity (Wildman–Crippen MR) is 138 cm³/mol. The number of halogens is 3. The minimum atomic E-state index is -4.42. The number of aromatic nitrogens is 4. The average molecular weight is 511 g/mol. The molecule has 0 saturated carbocycles. The lowest BCUT2D eigenvalue weighted by Gasteiger charge is -2.32. The molecule has 0 unspecified atom stereocenters. The van der Waals surface area contributed by atoms with Crippen LogP contribution in [0.5, 0.6) is 0 Å². The van der Waals surface area contributed by atoms with Crippen LogP contribution in [0.25, 0.3) is 21.8 Å². The van der Waals surface area contributed by atoms with Crippen LogP contribution in [0.2, 0.25) is 0 Å². The Morgan fingerprint density at radius 1 is 1.03 bits per heavy atom. The highest BCUT2D eigenvalue weighted by Gasteiger charge is 2.52. The Kier molecular flexibility index (Phi) is 5.80. The number of alkyl halides is 3. The fraction of sp³-hybridized carbons (Fsp3) is 0.423. The molecule has 194 valence electrons. The standard InChI is InChI=1S/C26H29BF3N5O2/c1-14(16-9-8-10-17(11-16)26(28,29)30)32-23-18-12-20(27-36-24(3,4)25(5,6)37-27)22-19(13-31-35(22)7)21(18)33-15(2)34-23/h8-14H,1-7H3,(H,32,33,34)/t14-/m1/s1.